The maximum Gasteiger partial charge on any atom is 0.307 e. The van der Waals surface area contributed by atoms with Gasteiger partial charge in [-0.3, -0.25) is 4.79 Å². The number of aromatic amines is 1. The number of hydrogen-bond donors (Lipinski definition) is 4. The number of phenolic OH excluding ortho intramolecular Hbond substituents is 1. The van der Waals surface area contributed by atoms with E-state index in [1.807, 2.05) is 31.2 Å². The third-order valence-electron chi connectivity index (χ3n) is 4.79. The van der Waals surface area contributed by atoms with Crippen LogP contribution in [0.2, 0.25) is 0 Å². The molecule has 3 rings (SSSR count). The summed E-state index contributed by atoms with van der Waals surface area (Å²) in [6.45, 7) is 2.54. The molecule has 29 heavy (non-hydrogen) atoms. The molecule has 1 unspecified atom stereocenters. The van der Waals surface area contributed by atoms with E-state index in [1.165, 1.54) is 0 Å². The summed E-state index contributed by atoms with van der Waals surface area (Å²) in [5.74, 6) is -0.493. The van der Waals surface area contributed by atoms with Gasteiger partial charge in [0.1, 0.15) is 11.6 Å². The van der Waals surface area contributed by atoms with Gasteiger partial charge in [-0.2, -0.15) is 5.21 Å². The second-order valence-corrected chi connectivity index (χ2v) is 6.89. The van der Waals surface area contributed by atoms with Crippen LogP contribution in [-0.4, -0.2) is 41.8 Å². The van der Waals surface area contributed by atoms with Gasteiger partial charge in [0.05, 0.1) is 5.92 Å². The Balaban J connectivity index is 1.68. The van der Waals surface area contributed by atoms with Gasteiger partial charge in [-0.05, 0) is 42.2 Å². The number of carboxylic acids is 1. The highest BCUT2D eigenvalue weighted by Gasteiger charge is 2.32. The van der Waals surface area contributed by atoms with Crippen LogP contribution >= 0.6 is 0 Å². The highest BCUT2D eigenvalue weighted by Crippen LogP contribution is 2.29. The molecule has 0 aliphatic rings. The molecule has 0 radical (unpaired) electrons. The fraction of sp³-hybridized carbons (Fsp3) is 0.350. The highest BCUT2D eigenvalue weighted by molar-refractivity contribution is 5.71. The van der Waals surface area contributed by atoms with Crippen molar-refractivity contribution in [3.05, 3.63) is 59.5 Å². The Morgan fingerprint density at radius 2 is 1.93 bits per heavy atom. The number of rotatable bonds is 10. The zero-order valence-electron chi connectivity index (χ0n) is 16.1. The minimum absolute atomic E-state index is 0.232. The third-order valence-corrected chi connectivity index (χ3v) is 4.79. The number of aliphatic carboxylic acids is 1. The summed E-state index contributed by atoms with van der Waals surface area (Å²) in [5, 5.41) is 36.3. The molecule has 4 N–H and O–H groups in total. The van der Waals surface area contributed by atoms with E-state index in [1.54, 1.807) is 18.3 Å². The van der Waals surface area contributed by atoms with Crippen LogP contribution in [0.3, 0.4) is 0 Å². The molecule has 2 aromatic heterocycles. The number of phenols is 1. The van der Waals surface area contributed by atoms with Gasteiger partial charge in [0, 0.05) is 18.7 Å². The predicted octanol–water partition coefficient (Wildman–Crippen LogP) is 2.74. The number of anilines is 1. The molecular weight excluding hydrogens is 372 g/mol. The Labute approximate surface area is 168 Å². The van der Waals surface area contributed by atoms with Crippen LogP contribution in [0.15, 0.2) is 42.6 Å². The first-order valence-corrected chi connectivity index (χ1v) is 9.49. The molecule has 0 bridgehead atoms. The molecule has 152 valence electrons. The summed E-state index contributed by atoms with van der Waals surface area (Å²) in [6.07, 6.45) is 3.48. The molecule has 0 aliphatic carbocycles. The van der Waals surface area contributed by atoms with Crippen molar-refractivity contribution in [2.45, 2.75) is 38.6 Å². The Bertz CT molecular complexity index is 897. The van der Waals surface area contributed by atoms with E-state index in [-0.39, 0.29) is 11.7 Å². The molecule has 0 fully saturated rings. The molecule has 0 aliphatic heterocycles. The van der Waals surface area contributed by atoms with Gasteiger partial charge in [-0.1, -0.05) is 36.8 Å². The van der Waals surface area contributed by atoms with E-state index in [0.717, 1.165) is 17.5 Å². The lowest BCUT2D eigenvalue weighted by Crippen LogP contribution is -2.25. The number of hydrogen-bond acceptors (Lipinski definition) is 7. The lowest BCUT2D eigenvalue weighted by Gasteiger charge is -2.21. The number of aromatic nitrogens is 5. The number of carbonyl (C=O) groups is 1. The van der Waals surface area contributed by atoms with E-state index < -0.39 is 11.9 Å². The Hall–Kier alpha value is -3.49. The van der Waals surface area contributed by atoms with Crippen LogP contribution in [-0.2, 0) is 17.8 Å². The van der Waals surface area contributed by atoms with Gasteiger partial charge in [-0.25, -0.2) is 4.98 Å². The van der Waals surface area contributed by atoms with Gasteiger partial charge in [0.2, 0.25) is 0 Å². The largest absolute Gasteiger partial charge is 0.508 e. The summed E-state index contributed by atoms with van der Waals surface area (Å²) in [7, 11) is 0. The van der Waals surface area contributed by atoms with Gasteiger partial charge in [-0.15, -0.1) is 10.2 Å². The molecule has 2 heterocycles. The van der Waals surface area contributed by atoms with Crippen molar-refractivity contribution >= 4 is 11.8 Å². The van der Waals surface area contributed by atoms with Gasteiger partial charge >= 0.3 is 5.97 Å². The predicted molar refractivity (Wildman–Crippen MR) is 106 cm³/mol. The number of H-pyrrole nitrogens is 1. The van der Waals surface area contributed by atoms with E-state index in [4.69, 9.17) is 0 Å². The Morgan fingerprint density at radius 3 is 2.52 bits per heavy atom. The fourth-order valence-corrected chi connectivity index (χ4v) is 3.26. The van der Waals surface area contributed by atoms with E-state index in [9.17, 15) is 15.0 Å². The maximum absolute atomic E-state index is 11.8. The highest BCUT2D eigenvalue weighted by atomic mass is 16.4. The Morgan fingerprint density at radius 1 is 1.17 bits per heavy atom. The molecule has 0 saturated heterocycles. The molecule has 9 nitrogen and oxygen atoms in total. The van der Waals surface area contributed by atoms with Crippen molar-refractivity contribution in [2.24, 2.45) is 5.92 Å². The van der Waals surface area contributed by atoms with Crippen LogP contribution in [0.25, 0.3) is 0 Å². The second-order valence-electron chi connectivity index (χ2n) is 6.89. The van der Waals surface area contributed by atoms with Gasteiger partial charge in [0.15, 0.2) is 5.82 Å². The zero-order valence-corrected chi connectivity index (χ0v) is 16.1. The molecule has 9 heteroatoms. The summed E-state index contributed by atoms with van der Waals surface area (Å²) in [5.41, 5.74) is 1.92. The van der Waals surface area contributed by atoms with Crippen molar-refractivity contribution in [3.63, 3.8) is 0 Å². The molecule has 1 aromatic carbocycles. The quantitative estimate of drug-likeness (QED) is 0.410. The van der Waals surface area contributed by atoms with Crippen molar-refractivity contribution in [2.75, 3.05) is 5.32 Å². The number of carboxylic acid groups (broad SMARTS) is 1. The van der Waals surface area contributed by atoms with Gasteiger partial charge < -0.3 is 15.5 Å². The molecule has 0 amide bonds. The van der Waals surface area contributed by atoms with E-state index in [0.29, 0.717) is 31.0 Å². The summed E-state index contributed by atoms with van der Waals surface area (Å²) >= 11 is 0. The number of benzene rings is 1. The summed E-state index contributed by atoms with van der Waals surface area (Å²) < 4.78 is 0. The first-order chi connectivity index (χ1) is 14.1. The first kappa shape index (κ1) is 20.2. The molecular formula is C20H24N6O3. The number of pyridine rings is 1. The summed E-state index contributed by atoms with van der Waals surface area (Å²) in [6, 6.07) is 10.7. The third kappa shape index (κ3) is 5.50. The van der Waals surface area contributed by atoms with Crippen molar-refractivity contribution in [3.8, 4) is 5.75 Å². The van der Waals surface area contributed by atoms with Crippen molar-refractivity contribution < 1.29 is 15.0 Å². The van der Waals surface area contributed by atoms with Gasteiger partial charge in [0.25, 0.3) is 0 Å². The van der Waals surface area contributed by atoms with Crippen LogP contribution < -0.4 is 5.32 Å². The molecule has 0 spiro atoms. The van der Waals surface area contributed by atoms with Crippen molar-refractivity contribution in [1.29, 1.82) is 0 Å². The average Bonchev–Trinajstić information content (AvgIpc) is 3.25. The molecule has 0 saturated carbocycles. The number of tetrazole rings is 1. The average molecular weight is 396 g/mol. The minimum atomic E-state index is -0.859. The maximum atomic E-state index is 11.8. The Kier molecular flexibility index (Phi) is 6.72. The standard InChI is InChI=1S/C20H24N6O3/c1-2-3-16(20(28)29)17(19-23-25-26-24-19)10-14-6-9-18(22-12-14)21-11-13-4-7-15(27)8-5-13/h4-9,12,16-17,27H,2-3,10-11H2,1H3,(H,21,22)(H,28,29)(H,23,24,25,26)/t16?,17-/m0/s1. The van der Waals surface area contributed by atoms with Crippen LogP contribution in [0.4, 0.5) is 5.82 Å². The van der Waals surface area contributed by atoms with E-state index in [2.05, 4.69) is 30.9 Å². The van der Waals surface area contributed by atoms with Crippen LogP contribution in [0, 0.1) is 5.92 Å². The topological polar surface area (TPSA) is 137 Å². The van der Waals surface area contributed by atoms with E-state index >= 15 is 0 Å². The van der Waals surface area contributed by atoms with Crippen molar-refractivity contribution in [1.82, 2.24) is 25.6 Å². The van der Waals surface area contributed by atoms with Crippen LogP contribution in [0.1, 0.15) is 42.6 Å². The molecule has 3 aromatic rings. The SMILES string of the molecule is CCCC(C(=O)O)[C@H](Cc1ccc(NCc2ccc(O)cc2)nc1)c1nn[nH]n1. The fourth-order valence-electron chi connectivity index (χ4n) is 3.26. The lowest BCUT2D eigenvalue weighted by atomic mass is 9.83. The zero-order chi connectivity index (χ0) is 20.6. The monoisotopic (exact) mass is 396 g/mol. The lowest BCUT2D eigenvalue weighted by molar-refractivity contribution is -0.142. The number of nitrogens with one attached hydrogen (secondary N) is 2. The number of aromatic hydroxyl groups is 1. The second kappa shape index (κ2) is 9.63. The molecule has 2 atom stereocenters. The first-order valence-electron chi connectivity index (χ1n) is 9.49. The van der Waals surface area contributed by atoms with Crippen LogP contribution in [0.5, 0.6) is 5.75 Å². The normalized spacial score (nSPS) is 13.0. The summed E-state index contributed by atoms with van der Waals surface area (Å²) in [4.78, 5) is 16.2. The number of nitrogens with zero attached hydrogens (tertiary/aromatic N) is 4. The smallest absolute Gasteiger partial charge is 0.307 e. The minimum Gasteiger partial charge on any atom is -0.508 e.